The predicted molar refractivity (Wildman–Crippen MR) is 62.6 cm³/mol. The molecule has 17 heavy (non-hydrogen) atoms. The van der Waals surface area contributed by atoms with Gasteiger partial charge in [-0.3, -0.25) is 4.90 Å². The topological polar surface area (TPSA) is 29.3 Å². The molecule has 0 aliphatic heterocycles. The number of halogens is 3. The lowest BCUT2D eigenvalue weighted by Crippen LogP contribution is -2.33. The van der Waals surface area contributed by atoms with E-state index in [1.807, 2.05) is 19.1 Å². The Morgan fingerprint density at radius 3 is 2.47 bits per heavy atom. The van der Waals surface area contributed by atoms with E-state index in [0.29, 0.717) is 12.2 Å². The van der Waals surface area contributed by atoms with Crippen LogP contribution in [0, 0.1) is 6.92 Å². The lowest BCUT2D eigenvalue weighted by atomic mass is 10.1. The molecule has 0 radical (unpaired) electrons. The molecule has 0 spiro atoms. The molecular formula is C12H17F3N2. The van der Waals surface area contributed by atoms with Crippen molar-refractivity contribution in [1.82, 2.24) is 4.90 Å². The van der Waals surface area contributed by atoms with E-state index >= 15 is 0 Å². The van der Waals surface area contributed by atoms with Gasteiger partial charge >= 0.3 is 6.18 Å². The average molecular weight is 246 g/mol. The minimum absolute atomic E-state index is 0.226. The summed E-state index contributed by atoms with van der Waals surface area (Å²) in [5.74, 6) is 0. The van der Waals surface area contributed by atoms with Crippen LogP contribution < -0.4 is 5.73 Å². The van der Waals surface area contributed by atoms with E-state index in [-0.39, 0.29) is 6.54 Å². The highest BCUT2D eigenvalue weighted by molar-refractivity contribution is 5.48. The van der Waals surface area contributed by atoms with Crippen molar-refractivity contribution in [2.45, 2.75) is 26.6 Å². The lowest BCUT2D eigenvalue weighted by molar-refractivity contribution is -0.146. The van der Waals surface area contributed by atoms with Crippen LogP contribution in [-0.4, -0.2) is 24.2 Å². The maximum absolute atomic E-state index is 12.3. The highest BCUT2D eigenvalue weighted by Gasteiger charge is 2.30. The van der Waals surface area contributed by atoms with E-state index in [1.54, 1.807) is 13.0 Å². The number of nitrogens with zero attached hydrogens (tertiary/aromatic N) is 1. The van der Waals surface area contributed by atoms with Crippen LogP contribution in [-0.2, 0) is 6.54 Å². The number of nitrogen functional groups attached to an aromatic ring is 1. The van der Waals surface area contributed by atoms with Crippen molar-refractivity contribution in [3.8, 4) is 0 Å². The summed E-state index contributed by atoms with van der Waals surface area (Å²) in [7, 11) is 0. The normalized spacial score (nSPS) is 12.1. The van der Waals surface area contributed by atoms with Crippen molar-refractivity contribution in [3.63, 3.8) is 0 Å². The van der Waals surface area contributed by atoms with E-state index in [9.17, 15) is 13.2 Å². The summed E-state index contributed by atoms with van der Waals surface area (Å²) < 4.78 is 36.9. The van der Waals surface area contributed by atoms with Crippen molar-refractivity contribution in [2.24, 2.45) is 0 Å². The van der Waals surface area contributed by atoms with Gasteiger partial charge < -0.3 is 5.73 Å². The maximum Gasteiger partial charge on any atom is 0.401 e. The van der Waals surface area contributed by atoms with Crippen LogP contribution in [0.5, 0.6) is 0 Å². The molecule has 1 rings (SSSR count). The number of benzene rings is 1. The van der Waals surface area contributed by atoms with Gasteiger partial charge in [0.1, 0.15) is 0 Å². The molecule has 2 N–H and O–H groups in total. The Kier molecular flexibility index (Phi) is 4.40. The molecule has 0 aromatic heterocycles. The molecule has 0 aliphatic rings. The van der Waals surface area contributed by atoms with Gasteiger partial charge in [-0.2, -0.15) is 13.2 Å². The SMILES string of the molecule is CCN(Cc1cc(C)ccc1N)CC(F)(F)F. The number of anilines is 1. The van der Waals surface area contributed by atoms with E-state index in [2.05, 4.69) is 0 Å². The van der Waals surface area contributed by atoms with E-state index in [0.717, 1.165) is 11.1 Å². The van der Waals surface area contributed by atoms with E-state index < -0.39 is 12.7 Å². The summed E-state index contributed by atoms with van der Waals surface area (Å²) in [6.07, 6.45) is -4.17. The molecule has 2 nitrogen and oxygen atoms in total. The fourth-order valence-corrected chi connectivity index (χ4v) is 1.65. The Bertz CT molecular complexity index is 375. The van der Waals surface area contributed by atoms with Crippen LogP contribution >= 0.6 is 0 Å². The number of hydrogen-bond acceptors (Lipinski definition) is 2. The molecule has 0 bridgehead atoms. The molecule has 0 unspecified atom stereocenters. The van der Waals surface area contributed by atoms with Gasteiger partial charge in [0.05, 0.1) is 6.54 Å². The molecule has 0 saturated heterocycles. The molecule has 0 aliphatic carbocycles. The number of alkyl halides is 3. The summed E-state index contributed by atoms with van der Waals surface area (Å²) >= 11 is 0. The van der Waals surface area contributed by atoms with Crippen molar-refractivity contribution in [1.29, 1.82) is 0 Å². The minimum Gasteiger partial charge on any atom is -0.398 e. The first kappa shape index (κ1) is 13.8. The third kappa shape index (κ3) is 4.65. The van der Waals surface area contributed by atoms with Crippen LogP contribution in [0.2, 0.25) is 0 Å². The van der Waals surface area contributed by atoms with Crippen LogP contribution in [0.25, 0.3) is 0 Å². The van der Waals surface area contributed by atoms with Crippen LogP contribution in [0.15, 0.2) is 18.2 Å². The summed E-state index contributed by atoms with van der Waals surface area (Å²) in [6.45, 7) is 3.26. The first-order valence-corrected chi connectivity index (χ1v) is 5.46. The molecule has 0 saturated carbocycles. The van der Waals surface area contributed by atoms with E-state index in [1.165, 1.54) is 4.90 Å². The first-order valence-electron chi connectivity index (χ1n) is 5.46. The molecule has 5 heteroatoms. The molecule has 96 valence electrons. The molecule has 0 heterocycles. The summed E-state index contributed by atoms with van der Waals surface area (Å²) in [5.41, 5.74) is 8.03. The molecular weight excluding hydrogens is 229 g/mol. The molecule has 1 aromatic carbocycles. The Labute approximate surface area is 99.2 Å². The third-order valence-electron chi connectivity index (χ3n) is 2.54. The van der Waals surface area contributed by atoms with Gasteiger partial charge in [-0.1, -0.05) is 24.6 Å². The molecule has 0 fully saturated rings. The second kappa shape index (κ2) is 5.40. The highest BCUT2D eigenvalue weighted by atomic mass is 19.4. The number of rotatable bonds is 4. The van der Waals surface area contributed by atoms with Crippen molar-refractivity contribution in [2.75, 3.05) is 18.8 Å². The summed E-state index contributed by atoms with van der Waals surface area (Å²) in [5, 5.41) is 0. The van der Waals surface area contributed by atoms with Gasteiger partial charge in [0.25, 0.3) is 0 Å². The van der Waals surface area contributed by atoms with Gasteiger partial charge in [-0.25, -0.2) is 0 Å². The zero-order valence-corrected chi connectivity index (χ0v) is 10.0. The molecule has 1 aromatic rings. The summed E-state index contributed by atoms with van der Waals surface area (Å²) in [4.78, 5) is 1.32. The van der Waals surface area contributed by atoms with Crippen LogP contribution in [0.1, 0.15) is 18.1 Å². The van der Waals surface area contributed by atoms with Gasteiger partial charge in [0.15, 0.2) is 0 Å². The highest BCUT2D eigenvalue weighted by Crippen LogP contribution is 2.20. The Balaban J connectivity index is 2.77. The van der Waals surface area contributed by atoms with E-state index in [4.69, 9.17) is 5.73 Å². The fraction of sp³-hybridized carbons (Fsp3) is 0.500. The predicted octanol–water partition coefficient (Wildman–Crippen LogP) is 2.96. The molecule has 0 amide bonds. The number of hydrogen-bond donors (Lipinski definition) is 1. The number of nitrogens with two attached hydrogens (primary N) is 1. The monoisotopic (exact) mass is 246 g/mol. The Hall–Kier alpha value is -1.23. The lowest BCUT2D eigenvalue weighted by Gasteiger charge is -2.22. The van der Waals surface area contributed by atoms with Gasteiger partial charge in [0.2, 0.25) is 0 Å². The zero-order chi connectivity index (χ0) is 13.1. The van der Waals surface area contributed by atoms with Crippen molar-refractivity contribution >= 4 is 5.69 Å². The Morgan fingerprint density at radius 1 is 1.29 bits per heavy atom. The minimum atomic E-state index is -4.17. The smallest absolute Gasteiger partial charge is 0.398 e. The maximum atomic E-state index is 12.3. The summed E-state index contributed by atoms with van der Waals surface area (Å²) in [6, 6.07) is 5.40. The standard InChI is InChI=1S/C12H17F3N2/c1-3-17(8-12(13,14)15)7-10-6-9(2)4-5-11(10)16/h4-6H,3,7-8,16H2,1-2H3. The molecule has 0 atom stereocenters. The second-order valence-electron chi connectivity index (χ2n) is 4.12. The van der Waals surface area contributed by atoms with Crippen LogP contribution in [0.4, 0.5) is 18.9 Å². The van der Waals surface area contributed by atoms with Crippen molar-refractivity contribution in [3.05, 3.63) is 29.3 Å². The van der Waals surface area contributed by atoms with Gasteiger partial charge in [0, 0.05) is 12.2 Å². The largest absolute Gasteiger partial charge is 0.401 e. The zero-order valence-electron chi connectivity index (χ0n) is 10.0. The van der Waals surface area contributed by atoms with Gasteiger partial charge in [-0.15, -0.1) is 0 Å². The van der Waals surface area contributed by atoms with Crippen molar-refractivity contribution < 1.29 is 13.2 Å². The first-order chi connectivity index (χ1) is 7.81. The van der Waals surface area contributed by atoms with Crippen LogP contribution in [0.3, 0.4) is 0 Å². The second-order valence-corrected chi connectivity index (χ2v) is 4.12. The number of aryl methyl sites for hydroxylation is 1. The average Bonchev–Trinajstić information content (AvgIpc) is 2.20. The Morgan fingerprint density at radius 2 is 1.94 bits per heavy atom. The quantitative estimate of drug-likeness (QED) is 0.827. The van der Waals surface area contributed by atoms with Gasteiger partial charge in [-0.05, 0) is 25.1 Å². The fourth-order valence-electron chi connectivity index (χ4n) is 1.65. The third-order valence-corrected chi connectivity index (χ3v) is 2.54.